The summed E-state index contributed by atoms with van der Waals surface area (Å²) >= 11 is 0. The maximum absolute atomic E-state index is 11.5. The number of aryl methyl sites for hydroxylation is 2. The molecule has 1 atom stereocenters. The molecule has 3 nitrogen and oxygen atoms in total. The van der Waals surface area contributed by atoms with Crippen molar-refractivity contribution in [2.45, 2.75) is 26.7 Å². The van der Waals surface area contributed by atoms with E-state index in [2.05, 4.69) is 4.98 Å². The molecule has 1 heterocycles. The number of hydrogen-bond acceptors (Lipinski definition) is 2. The van der Waals surface area contributed by atoms with E-state index in [1.807, 2.05) is 44.2 Å². The summed E-state index contributed by atoms with van der Waals surface area (Å²) in [6.45, 7) is 3.98. The minimum Gasteiger partial charge on any atom is -0.481 e. The number of carbonyl (C=O) groups is 1. The van der Waals surface area contributed by atoms with Gasteiger partial charge in [0.05, 0.1) is 5.92 Å². The average molecular weight is 269 g/mol. The van der Waals surface area contributed by atoms with Crippen LogP contribution in [0.25, 0.3) is 0 Å². The van der Waals surface area contributed by atoms with Gasteiger partial charge in [-0.3, -0.25) is 9.78 Å². The van der Waals surface area contributed by atoms with Crippen molar-refractivity contribution in [3.05, 3.63) is 65.0 Å². The minimum absolute atomic E-state index is 0.417. The zero-order chi connectivity index (χ0) is 14.5. The highest BCUT2D eigenvalue weighted by Crippen LogP contribution is 2.18. The van der Waals surface area contributed by atoms with Crippen LogP contribution in [0.5, 0.6) is 0 Å². The third-order valence-electron chi connectivity index (χ3n) is 3.49. The zero-order valence-electron chi connectivity index (χ0n) is 11.8. The van der Waals surface area contributed by atoms with Gasteiger partial charge in [0.15, 0.2) is 0 Å². The van der Waals surface area contributed by atoms with Crippen LogP contribution in [0.15, 0.2) is 42.7 Å². The molecule has 20 heavy (non-hydrogen) atoms. The Hall–Kier alpha value is -2.16. The molecule has 0 aliphatic rings. The third kappa shape index (κ3) is 3.67. The fourth-order valence-electron chi connectivity index (χ4n) is 2.37. The fourth-order valence-corrected chi connectivity index (χ4v) is 2.37. The summed E-state index contributed by atoms with van der Waals surface area (Å²) in [7, 11) is 0. The van der Waals surface area contributed by atoms with E-state index < -0.39 is 11.9 Å². The van der Waals surface area contributed by atoms with Crippen molar-refractivity contribution in [3.8, 4) is 0 Å². The van der Waals surface area contributed by atoms with Crippen LogP contribution in [-0.2, 0) is 17.6 Å². The molecule has 0 amide bonds. The van der Waals surface area contributed by atoms with Crippen LogP contribution in [0.1, 0.15) is 22.3 Å². The quantitative estimate of drug-likeness (QED) is 0.907. The number of aliphatic carboxylic acids is 1. The lowest BCUT2D eigenvalue weighted by molar-refractivity contribution is -0.141. The van der Waals surface area contributed by atoms with Gasteiger partial charge in [0.1, 0.15) is 0 Å². The lowest BCUT2D eigenvalue weighted by Crippen LogP contribution is -2.19. The molecule has 2 aromatic rings. The molecule has 2 rings (SSSR count). The second kappa shape index (κ2) is 6.33. The van der Waals surface area contributed by atoms with E-state index >= 15 is 0 Å². The molecule has 0 spiro atoms. The molecule has 1 N–H and O–H groups in total. The van der Waals surface area contributed by atoms with Gasteiger partial charge in [-0.15, -0.1) is 0 Å². The van der Waals surface area contributed by atoms with Gasteiger partial charge in [0.25, 0.3) is 0 Å². The van der Waals surface area contributed by atoms with Gasteiger partial charge in [-0.1, -0.05) is 30.3 Å². The van der Waals surface area contributed by atoms with Crippen LogP contribution in [0.3, 0.4) is 0 Å². The second-order valence-corrected chi connectivity index (χ2v) is 5.24. The van der Waals surface area contributed by atoms with Crippen molar-refractivity contribution < 1.29 is 9.90 Å². The molecular formula is C17H19NO2. The number of nitrogens with zero attached hydrogens (tertiary/aromatic N) is 1. The van der Waals surface area contributed by atoms with Gasteiger partial charge >= 0.3 is 5.97 Å². The van der Waals surface area contributed by atoms with Crippen molar-refractivity contribution in [1.82, 2.24) is 4.98 Å². The third-order valence-corrected chi connectivity index (χ3v) is 3.49. The SMILES string of the molecule is Cc1cncc(CC(Cc2ccccc2C)C(=O)O)c1. The number of carboxylic acids is 1. The summed E-state index contributed by atoms with van der Waals surface area (Å²) < 4.78 is 0. The van der Waals surface area contributed by atoms with E-state index in [1.165, 1.54) is 0 Å². The van der Waals surface area contributed by atoms with Crippen LogP contribution < -0.4 is 0 Å². The number of aromatic nitrogens is 1. The van der Waals surface area contributed by atoms with Gasteiger partial charge in [0, 0.05) is 12.4 Å². The molecule has 1 aromatic heterocycles. The Morgan fingerprint density at radius 2 is 1.95 bits per heavy atom. The van der Waals surface area contributed by atoms with Crippen molar-refractivity contribution >= 4 is 5.97 Å². The predicted molar refractivity (Wildman–Crippen MR) is 78.7 cm³/mol. The molecule has 104 valence electrons. The summed E-state index contributed by atoms with van der Waals surface area (Å²) in [4.78, 5) is 15.6. The highest BCUT2D eigenvalue weighted by Gasteiger charge is 2.19. The summed E-state index contributed by atoms with van der Waals surface area (Å²) in [6, 6.07) is 9.94. The molecule has 3 heteroatoms. The van der Waals surface area contributed by atoms with Crippen molar-refractivity contribution in [2.24, 2.45) is 5.92 Å². The molecule has 1 unspecified atom stereocenters. The maximum atomic E-state index is 11.5. The minimum atomic E-state index is -0.755. The molecule has 0 aliphatic carbocycles. The smallest absolute Gasteiger partial charge is 0.307 e. The standard InChI is InChI=1S/C17H19NO2/c1-12-7-14(11-18-10-12)8-16(17(19)20)9-15-6-4-3-5-13(15)2/h3-7,10-11,16H,8-9H2,1-2H3,(H,19,20). The highest BCUT2D eigenvalue weighted by atomic mass is 16.4. The van der Waals surface area contributed by atoms with Crippen molar-refractivity contribution in [1.29, 1.82) is 0 Å². The number of benzene rings is 1. The van der Waals surface area contributed by atoms with E-state index in [0.29, 0.717) is 12.8 Å². The fraction of sp³-hybridized carbons (Fsp3) is 0.294. The van der Waals surface area contributed by atoms with Gasteiger partial charge < -0.3 is 5.11 Å². The van der Waals surface area contributed by atoms with E-state index in [1.54, 1.807) is 12.4 Å². The van der Waals surface area contributed by atoms with Gasteiger partial charge in [-0.05, 0) is 48.9 Å². The number of rotatable bonds is 5. The average Bonchev–Trinajstić information content (AvgIpc) is 2.40. The predicted octanol–water partition coefficient (Wildman–Crippen LogP) is 3.18. The summed E-state index contributed by atoms with van der Waals surface area (Å²) in [6.07, 6.45) is 4.59. The topological polar surface area (TPSA) is 50.2 Å². The lowest BCUT2D eigenvalue weighted by Gasteiger charge is -2.14. The molecule has 0 saturated carbocycles. The van der Waals surface area contributed by atoms with E-state index in [-0.39, 0.29) is 0 Å². The number of hydrogen-bond donors (Lipinski definition) is 1. The van der Waals surface area contributed by atoms with E-state index in [0.717, 1.165) is 22.3 Å². The first-order valence-corrected chi connectivity index (χ1v) is 6.74. The first-order chi connectivity index (χ1) is 9.56. The maximum Gasteiger partial charge on any atom is 0.307 e. The first-order valence-electron chi connectivity index (χ1n) is 6.74. The van der Waals surface area contributed by atoms with Gasteiger partial charge in [-0.2, -0.15) is 0 Å². The van der Waals surface area contributed by atoms with Crippen molar-refractivity contribution in [2.75, 3.05) is 0 Å². The van der Waals surface area contributed by atoms with Crippen LogP contribution in [-0.4, -0.2) is 16.1 Å². The first kappa shape index (κ1) is 14.3. The zero-order valence-corrected chi connectivity index (χ0v) is 11.8. The Bertz CT molecular complexity index is 607. The molecule has 0 bridgehead atoms. The Kier molecular flexibility index (Phi) is 4.51. The molecule has 0 radical (unpaired) electrons. The Balaban J connectivity index is 2.16. The summed E-state index contributed by atoms with van der Waals surface area (Å²) in [5, 5.41) is 9.44. The van der Waals surface area contributed by atoms with E-state index in [4.69, 9.17) is 0 Å². The summed E-state index contributed by atoms with van der Waals surface area (Å²) in [5.74, 6) is -1.17. The Labute approximate surface area is 119 Å². The molecular weight excluding hydrogens is 250 g/mol. The molecule has 0 saturated heterocycles. The number of carboxylic acid groups (broad SMARTS) is 1. The molecule has 0 fully saturated rings. The van der Waals surface area contributed by atoms with Crippen LogP contribution >= 0.6 is 0 Å². The normalized spacial score (nSPS) is 12.1. The van der Waals surface area contributed by atoms with Gasteiger partial charge in [-0.25, -0.2) is 0 Å². The van der Waals surface area contributed by atoms with Crippen LogP contribution in [0.2, 0.25) is 0 Å². The Morgan fingerprint density at radius 1 is 1.20 bits per heavy atom. The van der Waals surface area contributed by atoms with Crippen LogP contribution in [0.4, 0.5) is 0 Å². The highest BCUT2D eigenvalue weighted by molar-refractivity contribution is 5.71. The van der Waals surface area contributed by atoms with Crippen molar-refractivity contribution in [3.63, 3.8) is 0 Å². The molecule has 0 aliphatic heterocycles. The summed E-state index contributed by atoms with van der Waals surface area (Å²) in [5.41, 5.74) is 4.27. The Morgan fingerprint density at radius 3 is 2.60 bits per heavy atom. The monoisotopic (exact) mass is 269 g/mol. The van der Waals surface area contributed by atoms with Gasteiger partial charge in [0.2, 0.25) is 0 Å². The molecule has 1 aromatic carbocycles. The largest absolute Gasteiger partial charge is 0.481 e. The van der Waals surface area contributed by atoms with E-state index in [9.17, 15) is 9.90 Å². The number of pyridine rings is 1. The lowest BCUT2D eigenvalue weighted by atomic mass is 9.91. The van der Waals surface area contributed by atoms with Crippen LogP contribution in [0, 0.1) is 19.8 Å². The second-order valence-electron chi connectivity index (χ2n) is 5.24.